The molecule has 8 aromatic carbocycles. The minimum atomic E-state index is 0.784. The van der Waals surface area contributed by atoms with Gasteiger partial charge in [0.25, 0.3) is 0 Å². The fourth-order valence-electron chi connectivity index (χ4n) is 10.6. The van der Waals surface area contributed by atoms with Gasteiger partial charge in [0, 0.05) is 69.2 Å². The molecule has 0 radical (unpaired) electrons. The van der Waals surface area contributed by atoms with Crippen molar-refractivity contribution in [2.75, 3.05) is 28.4 Å². The molecule has 426 valence electrons. The largest absolute Gasteiger partial charge is 0.497 e. The first-order valence-corrected chi connectivity index (χ1v) is 28.6. The molecule has 12 nitrogen and oxygen atoms in total. The number of fused-ring (bicyclic) bond motifs is 8. The molecule has 13 rings (SSSR count). The van der Waals surface area contributed by atoms with Gasteiger partial charge in [-0.1, -0.05) is 48.5 Å². The number of hydrogen-bond donors (Lipinski definition) is 2. The number of benzene rings is 8. The lowest BCUT2D eigenvalue weighted by Crippen LogP contribution is -1.90. The first kappa shape index (κ1) is 55.4. The molecule has 0 amide bonds. The van der Waals surface area contributed by atoms with E-state index in [-0.39, 0.29) is 0 Å². The van der Waals surface area contributed by atoms with Crippen molar-refractivity contribution in [2.24, 2.45) is 20.0 Å². The Hall–Kier alpha value is -11.8. The Bertz CT molecular complexity index is 4100. The number of methoxy groups -OCH3 is 4. The second-order valence-electron chi connectivity index (χ2n) is 20.8. The molecular formula is C76H58N8O4. The highest BCUT2D eigenvalue weighted by atomic mass is 16.5. The minimum absolute atomic E-state index is 0.784. The van der Waals surface area contributed by atoms with Crippen LogP contribution in [0.25, 0.3) is 90.9 Å². The summed E-state index contributed by atoms with van der Waals surface area (Å²) in [7, 11) is 6.65. The van der Waals surface area contributed by atoms with E-state index >= 15 is 0 Å². The third-order valence-corrected chi connectivity index (χ3v) is 15.3. The monoisotopic (exact) mass is 1150 g/mol. The van der Waals surface area contributed by atoms with Crippen molar-refractivity contribution in [3.8, 4) is 67.5 Å². The van der Waals surface area contributed by atoms with Gasteiger partial charge < -0.3 is 28.9 Å². The summed E-state index contributed by atoms with van der Waals surface area (Å²) >= 11 is 0. The summed E-state index contributed by atoms with van der Waals surface area (Å²) in [6, 6.07) is 73.0. The molecule has 5 heterocycles. The summed E-state index contributed by atoms with van der Waals surface area (Å²) in [4.78, 5) is 38.3. The van der Waals surface area contributed by atoms with Crippen molar-refractivity contribution in [3.63, 3.8) is 0 Å². The van der Waals surface area contributed by atoms with Crippen molar-refractivity contribution >= 4 is 94.0 Å². The lowest BCUT2D eigenvalue weighted by molar-refractivity contribution is 0.414. The van der Waals surface area contributed by atoms with Crippen molar-refractivity contribution in [1.82, 2.24) is 19.9 Å². The van der Waals surface area contributed by atoms with Gasteiger partial charge in [0.1, 0.15) is 23.0 Å². The van der Waals surface area contributed by atoms with Crippen LogP contribution in [-0.2, 0) is 0 Å². The van der Waals surface area contributed by atoms with Crippen LogP contribution in [0.5, 0.6) is 23.0 Å². The molecule has 8 bridgehead atoms. The molecule has 0 fully saturated rings. The summed E-state index contributed by atoms with van der Waals surface area (Å²) in [5.74, 6) is 3.17. The van der Waals surface area contributed by atoms with Gasteiger partial charge in [0.15, 0.2) is 0 Å². The number of aliphatic imine (C=N–C) groups is 4. The Morgan fingerprint density at radius 1 is 0.261 bits per heavy atom. The normalized spacial score (nSPS) is 12.0. The number of ether oxygens (including phenoxy) is 4. The Labute approximate surface area is 509 Å². The van der Waals surface area contributed by atoms with Gasteiger partial charge in [-0.15, -0.1) is 0 Å². The highest BCUT2D eigenvalue weighted by Crippen LogP contribution is 2.40. The molecule has 3 aromatic heterocycles. The van der Waals surface area contributed by atoms with Crippen molar-refractivity contribution in [2.45, 2.75) is 0 Å². The van der Waals surface area contributed by atoms with Crippen LogP contribution < -0.4 is 18.9 Å². The standard InChI is InChI=1S/C76H58N8O4/c1-85-61-29-5-49(6-30-61)45-77-57-21-13-53(14-22-57)73-65-37-39-67(81-65)74(54-15-23-58(24-16-54)78-46-50-7-31-62(86-2)32-8-50)69-41-43-71(83-69)76(56-19-27-60(28-20-56)80-48-52-11-35-64(88-4)36-12-52)72-44-42-70(84-72)75(68-40-38-66(73)82-68)55-17-25-59(26-18-55)79-47-51-9-33-63(87-3)34-10-51/h5-48,81,84H,1-4H3. The van der Waals surface area contributed by atoms with E-state index in [1.54, 1.807) is 28.4 Å². The Morgan fingerprint density at radius 3 is 0.659 bits per heavy atom. The summed E-state index contributed by atoms with van der Waals surface area (Å²) in [5.41, 5.74) is 21.2. The fraction of sp³-hybridized carbons (Fsp3) is 0.0526. The first-order valence-electron chi connectivity index (χ1n) is 28.6. The maximum atomic E-state index is 5.57. The van der Waals surface area contributed by atoms with E-state index in [4.69, 9.17) is 48.9 Å². The van der Waals surface area contributed by atoms with Gasteiger partial charge in [-0.2, -0.15) is 0 Å². The van der Waals surface area contributed by atoms with Crippen LogP contribution in [0.1, 0.15) is 45.0 Å². The summed E-state index contributed by atoms with van der Waals surface area (Å²) in [6.45, 7) is 0. The Balaban J connectivity index is 0.996. The molecule has 0 spiro atoms. The molecule has 12 heteroatoms. The summed E-state index contributed by atoms with van der Waals surface area (Å²) < 4.78 is 21.5. The average Bonchev–Trinajstić information content (AvgIpc) is 4.57. The Kier molecular flexibility index (Phi) is 15.9. The van der Waals surface area contributed by atoms with Crippen LogP contribution in [0.15, 0.2) is 238 Å². The van der Waals surface area contributed by atoms with E-state index in [0.29, 0.717) is 0 Å². The van der Waals surface area contributed by atoms with Gasteiger partial charge in [-0.3, -0.25) is 20.0 Å². The van der Waals surface area contributed by atoms with E-state index in [9.17, 15) is 0 Å². The number of nitrogens with zero attached hydrogens (tertiary/aromatic N) is 6. The smallest absolute Gasteiger partial charge is 0.118 e. The Morgan fingerprint density at radius 2 is 0.466 bits per heavy atom. The van der Waals surface area contributed by atoms with Gasteiger partial charge in [-0.05, 0) is 239 Å². The summed E-state index contributed by atoms with van der Waals surface area (Å²) in [6.07, 6.45) is 15.9. The van der Waals surface area contributed by atoms with Crippen molar-refractivity contribution in [1.29, 1.82) is 0 Å². The fourth-order valence-corrected chi connectivity index (χ4v) is 10.6. The van der Waals surface area contributed by atoms with Crippen LogP contribution in [-0.4, -0.2) is 73.2 Å². The van der Waals surface area contributed by atoms with E-state index in [1.807, 2.05) is 170 Å². The maximum Gasteiger partial charge on any atom is 0.118 e. The molecule has 0 unspecified atom stereocenters. The molecule has 2 N–H and O–H groups in total. The second kappa shape index (κ2) is 25.2. The predicted octanol–water partition coefficient (Wildman–Crippen LogP) is 18.4. The number of aromatic amines is 2. The highest BCUT2D eigenvalue weighted by Gasteiger charge is 2.20. The lowest BCUT2D eigenvalue weighted by atomic mass is 10.0. The number of rotatable bonds is 16. The van der Waals surface area contributed by atoms with Crippen LogP contribution >= 0.6 is 0 Å². The predicted molar refractivity (Wildman–Crippen MR) is 362 cm³/mol. The van der Waals surface area contributed by atoms with E-state index < -0.39 is 0 Å². The lowest BCUT2D eigenvalue weighted by Gasteiger charge is -2.08. The van der Waals surface area contributed by atoms with Gasteiger partial charge >= 0.3 is 0 Å². The molecule has 2 aliphatic heterocycles. The number of H-pyrrole nitrogens is 2. The highest BCUT2D eigenvalue weighted by molar-refractivity contribution is 6.00. The molecule has 11 aromatic rings. The number of nitrogens with one attached hydrogen (secondary N) is 2. The second-order valence-corrected chi connectivity index (χ2v) is 20.8. The quantitative estimate of drug-likeness (QED) is 0.0922. The van der Waals surface area contributed by atoms with E-state index in [1.165, 1.54) is 0 Å². The third kappa shape index (κ3) is 12.3. The van der Waals surface area contributed by atoms with Gasteiger partial charge in [0.2, 0.25) is 0 Å². The zero-order valence-electron chi connectivity index (χ0n) is 48.7. The van der Waals surface area contributed by atoms with Gasteiger partial charge in [-0.25, -0.2) is 9.97 Å². The van der Waals surface area contributed by atoms with E-state index in [0.717, 1.165) is 157 Å². The SMILES string of the molecule is COc1ccc(C=Nc2ccc(-c3c4nc(c(-c5ccc(N=Cc6ccc(OC)cc6)cc5)c5ccc([nH]5)c(-c5ccc(N=Cc6ccc(OC)cc6)cc5)c5nc(c(-c6ccc(N=Cc7ccc(OC)cc7)cc6)c6ccc3[nH]6)C=C5)C=C4)cc2)cc1. The van der Waals surface area contributed by atoms with Crippen molar-refractivity contribution in [3.05, 3.63) is 263 Å². The van der Waals surface area contributed by atoms with Gasteiger partial charge in [0.05, 0.1) is 74.0 Å². The molecule has 88 heavy (non-hydrogen) atoms. The van der Waals surface area contributed by atoms with Crippen molar-refractivity contribution < 1.29 is 18.9 Å². The number of aromatic nitrogens is 4. The van der Waals surface area contributed by atoms with Crippen LogP contribution in [0.4, 0.5) is 22.7 Å². The molecule has 0 saturated carbocycles. The molecule has 0 atom stereocenters. The van der Waals surface area contributed by atoms with Crippen LogP contribution in [0.3, 0.4) is 0 Å². The molecular weight excluding hydrogens is 1090 g/mol. The van der Waals surface area contributed by atoms with Crippen LogP contribution in [0.2, 0.25) is 0 Å². The molecule has 2 aliphatic rings. The van der Waals surface area contributed by atoms with E-state index in [2.05, 4.69) is 107 Å². The topological polar surface area (TPSA) is 144 Å². The zero-order valence-corrected chi connectivity index (χ0v) is 48.7. The maximum absolute atomic E-state index is 5.57. The first-order chi connectivity index (χ1) is 43.3. The molecule has 0 saturated heterocycles. The minimum Gasteiger partial charge on any atom is -0.497 e. The average molecular weight is 1150 g/mol. The zero-order chi connectivity index (χ0) is 59.8. The third-order valence-electron chi connectivity index (χ3n) is 15.3. The van der Waals surface area contributed by atoms with Crippen LogP contribution in [0, 0.1) is 0 Å². The summed E-state index contributed by atoms with van der Waals surface area (Å²) in [5, 5.41) is 0. The molecule has 0 aliphatic carbocycles. The number of hydrogen-bond acceptors (Lipinski definition) is 10.